The standard InChI is InChI=1S/C19H16Cl2N4O3/c1-11-14(10-23-25(11)17-5-3-4-8-22-17)19(27)28-12(2)18(26)24-16-9-13(20)6-7-15(16)21/h3-10,12H,1-2H3,(H,24,26). The van der Waals surface area contributed by atoms with Crippen LogP contribution in [0.1, 0.15) is 23.0 Å². The van der Waals surface area contributed by atoms with E-state index in [1.807, 2.05) is 6.07 Å². The lowest BCUT2D eigenvalue weighted by atomic mass is 10.2. The number of benzene rings is 1. The summed E-state index contributed by atoms with van der Waals surface area (Å²) in [5, 5.41) is 7.50. The molecule has 1 aromatic carbocycles. The first-order chi connectivity index (χ1) is 13.4. The monoisotopic (exact) mass is 418 g/mol. The number of nitrogens with one attached hydrogen (secondary N) is 1. The molecule has 0 saturated heterocycles. The second kappa shape index (κ2) is 8.41. The summed E-state index contributed by atoms with van der Waals surface area (Å²) in [6, 6.07) is 10.0. The van der Waals surface area contributed by atoms with Crippen LogP contribution in [0.15, 0.2) is 48.8 Å². The van der Waals surface area contributed by atoms with Crippen LogP contribution in [0, 0.1) is 6.92 Å². The molecule has 0 bridgehead atoms. The number of pyridine rings is 1. The number of nitrogens with zero attached hydrogens (tertiary/aromatic N) is 3. The number of ether oxygens (including phenoxy) is 1. The zero-order valence-corrected chi connectivity index (χ0v) is 16.5. The molecule has 0 fully saturated rings. The second-order valence-corrected chi connectivity index (χ2v) is 6.75. The maximum absolute atomic E-state index is 12.5. The fourth-order valence-electron chi connectivity index (χ4n) is 2.43. The number of carbonyl (C=O) groups excluding carboxylic acids is 2. The zero-order valence-electron chi connectivity index (χ0n) is 15.0. The average Bonchev–Trinajstić information content (AvgIpc) is 3.06. The van der Waals surface area contributed by atoms with Crippen molar-refractivity contribution in [1.29, 1.82) is 0 Å². The molecule has 3 aromatic rings. The van der Waals surface area contributed by atoms with Crippen molar-refractivity contribution in [1.82, 2.24) is 14.8 Å². The molecular weight excluding hydrogens is 403 g/mol. The van der Waals surface area contributed by atoms with Gasteiger partial charge in [0.05, 0.1) is 22.6 Å². The summed E-state index contributed by atoms with van der Waals surface area (Å²) < 4.78 is 6.79. The third-order valence-corrected chi connectivity index (χ3v) is 4.50. The molecule has 0 aliphatic carbocycles. The fraction of sp³-hybridized carbons (Fsp3) is 0.158. The van der Waals surface area contributed by atoms with Crippen LogP contribution in [0.3, 0.4) is 0 Å². The lowest BCUT2D eigenvalue weighted by molar-refractivity contribution is -0.123. The van der Waals surface area contributed by atoms with Gasteiger partial charge in [-0.25, -0.2) is 14.5 Å². The van der Waals surface area contributed by atoms with E-state index in [-0.39, 0.29) is 5.56 Å². The molecule has 1 atom stereocenters. The molecule has 2 heterocycles. The van der Waals surface area contributed by atoms with E-state index in [9.17, 15) is 9.59 Å². The minimum Gasteiger partial charge on any atom is -0.449 e. The molecule has 1 amide bonds. The number of aromatic nitrogens is 3. The Hall–Kier alpha value is -2.90. The second-order valence-electron chi connectivity index (χ2n) is 5.90. The van der Waals surface area contributed by atoms with E-state index in [2.05, 4.69) is 15.4 Å². The van der Waals surface area contributed by atoms with Crippen LogP contribution in [0.25, 0.3) is 5.82 Å². The Morgan fingerprint density at radius 1 is 1.21 bits per heavy atom. The van der Waals surface area contributed by atoms with Gasteiger partial charge in [0.1, 0.15) is 5.56 Å². The summed E-state index contributed by atoms with van der Waals surface area (Å²) in [6.07, 6.45) is 1.95. The number of hydrogen-bond donors (Lipinski definition) is 1. The number of carbonyl (C=O) groups is 2. The number of halogens is 2. The number of rotatable bonds is 5. The van der Waals surface area contributed by atoms with Crippen molar-refractivity contribution in [2.45, 2.75) is 20.0 Å². The van der Waals surface area contributed by atoms with E-state index in [4.69, 9.17) is 27.9 Å². The van der Waals surface area contributed by atoms with Gasteiger partial charge in [-0.2, -0.15) is 5.10 Å². The Kier molecular flexibility index (Phi) is 5.96. The molecule has 0 spiro atoms. The summed E-state index contributed by atoms with van der Waals surface area (Å²) in [5.41, 5.74) is 1.13. The van der Waals surface area contributed by atoms with Crippen LogP contribution in [0.5, 0.6) is 0 Å². The predicted octanol–water partition coefficient (Wildman–Crippen LogP) is 4.07. The van der Waals surface area contributed by atoms with Crippen molar-refractivity contribution >= 4 is 40.8 Å². The van der Waals surface area contributed by atoms with Gasteiger partial charge >= 0.3 is 5.97 Å². The quantitative estimate of drug-likeness (QED) is 0.631. The molecule has 9 heteroatoms. The first-order valence-corrected chi connectivity index (χ1v) is 9.05. The molecule has 144 valence electrons. The van der Waals surface area contributed by atoms with Gasteiger partial charge in [0.25, 0.3) is 5.91 Å². The van der Waals surface area contributed by atoms with Gasteiger partial charge in [-0.15, -0.1) is 0 Å². The van der Waals surface area contributed by atoms with Gasteiger partial charge in [-0.3, -0.25) is 4.79 Å². The molecular formula is C19H16Cl2N4O3. The molecule has 28 heavy (non-hydrogen) atoms. The van der Waals surface area contributed by atoms with E-state index in [1.165, 1.54) is 23.9 Å². The summed E-state index contributed by atoms with van der Waals surface area (Å²) in [7, 11) is 0. The molecule has 1 unspecified atom stereocenters. The number of amides is 1. The van der Waals surface area contributed by atoms with Gasteiger partial charge in [-0.05, 0) is 44.2 Å². The molecule has 0 saturated carbocycles. The van der Waals surface area contributed by atoms with Crippen LogP contribution in [0.4, 0.5) is 5.69 Å². The SMILES string of the molecule is Cc1c(C(=O)OC(C)C(=O)Nc2cc(Cl)ccc2Cl)cnn1-c1ccccn1. The summed E-state index contributed by atoms with van der Waals surface area (Å²) in [4.78, 5) is 29.0. The zero-order chi connectivity index (χ0) is 20.3. The average molecular weight is 419 g/mol. The van der Waals surface area contributed by atoms with E-state index in [0.29, 0.717) is 27.2 Å². The van der Waals surface area contributed by atoms with E-state index < -0.39 is 18.0 Å². The predicted molar refractivity (Wildman–Crippen MR) is 106 cm³/mol. The van der Waals surface area contributed by atoms with Gasteiger partial charge < -0.3 is 10.1 Å². The molecule has 7 nitrogen and oxygen atoms in total. The molecule has 1 N–H and O–H groups in total. The summed E-state index contributed by atoms with van der Waals surface area (Å²) >= 11 is 11.9. The Morgan fingerprint density at radius 2 is 2.00 bits per heavy atom. The highest BCUT2D eigenvalue weighted by molar-refractivity contribution is 6.35. The third-order valence-electron chi connectivity index (χ3n) is 3.94. The van der Waals surface area contributed by atoms with E-state index >= 15 is 0 Å². The van der Waals surface area contributed by atoms with Crippen molar-refractivity contribution in [3.8, 4) is 5.82 Å². The van der Waals surface area contributed by atoms with E-state index in [1.54, 1.807) is 37.4 Å². The highest BCUT2D eigenvalue weighted by Crippen LogP contribution is 2.25. The molecule has 3 rings (SSSR count). The van der Waals surface area contributed by atoms with Crippen molar-refractivity contribution < 1.29 is 14.3 Å². The lowest BCUT2D eigenvalue weighted by Gasteiger charge is -2.14. The Morgan fingerprint density at radius 3 is 2.71 bits per heavy atom. The van der Waals surface area contributed by atoms with Crippen LogP contribution in [-0.4, -0.2) is 32.7 Å². The molecule has 0 aliphatic heterocycles. The van der Waals surface area contributed by atoms with Crippen LogP contribution >= 0.6 is 23.2 Å². The van der Waals surface area contributed by atoms with Crippen LogP contribution in [-0.2, 0) is 9.53 Å². The smallest absolute Gasteiger partial charge is 0.342 e. The minimum atomic E-state index is -1.06. The molecule has 2 aromatic heterocycles. The Bertz CT molecular complexity index is 1020. The van der Waals surface area contributed by atoms with Crippen molar-refractivity contribution in [2.24, 2.45) is 0 Å². The minimum absolute atomic E-state index is 0.242. The molecule has 0 aliphatic rings. The maximum Gasteiger partial charge on any atom is 0.342 e. The van der Waals surface area contributed by atoms with E-state index in [0.717, 1.165) is 0 Å². The van der Waals surface area contributed by atoms with Crippen molar-refractivity contribution in [3.63, 3.8) is 0 Å². The fourth-order valence-corrected chi connectivity index (χ4v) is 2.76. The van der Waals surface area contributed by atoms with Crippen molar-refractivity contribution in [2.75, 3.05) is 5.32 Å². The van der Waals surface area contributed by atoms with Crippen LogP contribution < -0.4 is 5.32 Å². The Labute approximate surface area is 171 Å². The molecule has 0 radical (unpaired) electrons. The maximum atomic E-state index is 12.5. The summed E-state index contributed by atoms with van der Waals surface area (Å²) in [6.45, 7) is 3.18. The number of anilines is 1. The van der Waals surface area contributed by atoms with Crippen molar-refractivity contribution in [3.05, 3.63) is 70.1 Å². The summed E-state index contributed by atoms with van der Waals surface area (Å²) in [5.74, 6) is -0.632. The topological polar surface area (TPSA) is 86.1 Å². The first kappa shape index (κ1) is 19.9. The van der Waals surface area contributed by atoms with Gasteiger partial charge in [0.15, 0.2) is 11.9 Å². The largest absolute Gasteiger partial charge is 0.449 e. The highest BCUT2D eigenvalue weighted by Gasteiger charge is 2.23. The third kappa shape index (κ3) is 4.32. The highest BCUT2D eigenvalue weighted by atomic mass is 35.5. The van der Waals surface area contributed by atoms with Gasteiger partial charge in [0, 0.05) is 11.2 Å². The van der Waals surface area contributed by atoms with Gasteiger partial charge in [0.2, 0.25) is 0 Å². The number of esters is 1. The number of hydrogen-bond acceptors (Lipinski definition) is 5. The Balaban J connectivity index is 1.70. The normalized spacial score (nSPS) is 11.7. The van der Waals surface area contributed by atoms with Crippen LogP contribution in [0.2, 0.25) is 10.0 Å². The first-order valence-electron chi connectivity index (χ1n) is 8.29. The lowest BCUT2D eigenvalue weighted by Crippen LogP contribution is -2.30. The van der Waals surface area contributed by atoms with Gasteiger partial charge in [-0.1, -0.05) is 29.3 Å².